The van der Waals surface area contributed by atoms with Gasteiger partial charge in [-0.1, -0.05) is 42.1 Å². The summed E-state index contributed by atoms with van der Waals surface area (Å²) in [5.74, 6) is 2.12. The van der Waals surface area contributed by atoms with Crippen LogP contribution in [0.1, 0.15) is 11.7 Å². The molecule has 3 aromatic rings. The highest BCUT2D eigenvalue weighted by Crippen LogP contribution is 2.27. The zero-order valence-electron chi connectivity index (χ0n) is 13.6. The second kappa shape index (κ2) is 7.51. The molecule has 5 nitrogen and oxygen atoms in total. The van der Waals surface area contributed by atoms with Crippen molar-refractivity contribution >= 4 is 11.8 Å². The first-order valence-corrected chi connectivity index (χ1v) is 8.57. The van der Waals surface area contributed by atoms with Crippen LogP contribution in [0.15, 0.2) is 59.8 Å². The van der Waals surface area contributed by atoms with Gasteiger partial charge in [0.05, 0.1) is 13.2 Å². The van der Waals surface area contributed by atoms with E-state index < -0.39 is 6.10 Å². The molecule has 0 aliphatic rings. The normalized spacial score (nSPS) is 12.1. The topological polar surface area (TPSA) is 60.2 Å². The van der Waals surface area contributed by atoms with Crippen LogP contribution in [0.3, 0.4) is 0 Å². The molecule has 1 atom stereocenters. The van der Waals surface area contributed by atoms with Crippen molar-refractivity contribution in [3.63, 3.8) is 0 Å². The predicted octanol–water partition coefficient (Wildman–Crippen LogP) is 3.32. The molecule has 0 bridgehead atoms. The molecule has 0 radical (unpaired) electrons. The number of thioether (sulfide) groups is 1. The number of hydrogen-bond acceptors (Lipinski definition) is 5. The summed E-state index contributed by atoms with van der Waals surface area (Å²) in [7, 11) is 3.57. The molecule has 0 spiro atoms. The average molecular weight is 341 g/mol. The highest BCUT2D eigenvalue weighted by Gasteiger charge is 2.14. The first-order chi connectivity index (χ1) is 11.7. The molecule has 6 heteroatoms. The molecule has 1 unspecified atom stereocenters. The van der Waals surface area contributed by atoms with Crippen molar-refractivity contribution in [2.75, 3.05) is 12.9 Å². The van der Waals surface area contributed by atoms with Gasteiger partial charge in [-0.3, -0.25) is 0 Å². The summed E-state index contributed by atoms with van der Waals surface area (Å²) in [4.78, 5) is 0. The minimum Gasteiger partial charge on any atom is -0.497 e. The van der Waals surface area contributed by atoms with Crippen LogP contribution in [0.2, 0.25) is 0 Å². The molecule has 1 aromatic heterocycles. The molecule has 0 saturated heterocycles. The lowest BCUT2D eigenvalue weighted by atomic mass is 10.1. The van der Waals surface area contributed by atoms with Gasteiger partial charge in [-0.25, -0.2) is 0 Å². The molecule has 0 aliphatic carbocycles. The number of benzene rings is 2. The van der Waals surface area contributed by atoms with Crippen LogP contribution in [0.5, 0.6) is 5.75 Å². The van der Waals surface area contributed by atoms with E-state index in [-0.39, 0.29) is 0 Å². The Labute approximate surface area is 145 Å². The Balaban J connectivity index is 1.70. The van der Waals surface area contributed by atoms with Crippen LogP contribution in [0, 0.1) is 0 Å². The van der Waals surface area contributed by atoms with Gasteiger partial charge in [0, 0.05) is 18.4 Å². The summed E-state index contributed by atoms with van der Waals surface area (Å²) in [5, 5.41) is 19.5. The number of ether oxygens (including phenoxy) is 1. The standard InChI is InChI=1S/C18H19N3O2S/c1-21-17(14-8-10-15(23-2)11-9-14)19-20-18(21)24-12-16(22)13-6-4-3-5-7-13/h3-11,16,22H,12H2,1-2H3. The van der Waals surface area contributed by atoms with Crippen molar-refractivity contribution in [3.05, 3.63) is 60.2 Å². The fourth-order valence-corrected chi connectivity index (χ4v) is 3.24. The summed E-state index contributed by atoms with van der Waals surface area (Å²) in [6, 6.07) is 17.3. The fraction of sp³-hybridized carbons (Fsp3) is 0.222. The molecule has 24 heavy (non-hydrogen) atoms. The fourth-order valence-electron chi connectivity index (χ4n) is 2.36. The summed E-state index contributed by atoms with van der Waals surface area (Å²) in [5.41, 5.74) is 1.88. The Kier molecular flexibility index (Phi) is 5.17. The van der Waals surface area contributed by atoms with E-state index in [1.807, 2.05) is 66.2 Å². The van der Waals surface area contributed by atoms with Crippen molar-refractivity contribution in [1.82, 2.24) is 14.8 Å². The molecule has 1 heterocycles. The third-order valence-corrected chi connectivity index (χ3v) is 4.83. The highest BCUT2D eigenvalue weighted by atomic mass is 32.2. The van der Waals surface area contributed by atoms with Crippen LogP contribution < -0.4 is 4.74 Å². The molecular formula is C18H19N3O2S. The van der Waals surface area contributed by atoms with Gasteiger partial charge in [-0.05, 0) is 29.8 Å². The smallest absolute Gasteiger partial charge is 0.191 e. The zero-order chi connectivity index (χ0) is 16.9. The van der Waals surface area contributed by atoms with Crippen LogP contribution in [0.4, 0.5) is 0 Å². The number of aromatic nitrogens is 3. The van der Waals surface area contributed by atoms with E-state index in [1.54, 1.807) is 7.11 Å². The number of aliphatic hydroxyl groups is 1. The van der Waals surface area contributed by atoms with Crippen LogP contribution >= 0.6 is 11.8 Å². The van der Waals surface area contributed by atoms with Crippen molar-refractivity contribution in [2.45, 2.75) is 11.3 Å². The second-order valence-electron chi connectivity index (χ2n) is 5.33. The Morgan fingerprint density at radius 3 is 2.46 bits per heavy atom. The quantitative estimate of drug-likeness (QED) is 0.697. The highest BCUT2D eigenvalue weighted by molar-refractivity contribution is 7.99. The van der Waals surface area contributed by atoms with Crippen molar-refractivity contribution in [1.29, 1.82) is 0 Å². The van der Waals surface area contributed by atoms with Crippen LogP contribution in [-0.2, 0) is 7.05 Å². The number of aliphatic hydroxyl groups excluding tert-OH is 1. The van der Waals surface area contributed by atoms with Crippen molar-refractivity contribution in [3.8, 4) is 17.1 Å². The third kappa shape index (κ3) is 3.60. The number of rotatable bonds is 6. The Morgan fingerprint density at radius 2 is 1.79 bits per heavy atom. The molecule has 0 fully saturated rings. The van der Waals surface area contributed by atoms with E-state index in [9.17, 15) is 5.11 Å². The van der Waals surface area contributed by atoms with E-state index in [1.165, 1.54) is 11.8 Å². The lowest BCUT2D eigenvalue weighted by molar-refractivity contribution is 0.204. The lowest BCUT2D eigenvalue weighted by Crippen LogP contribution is -2.02. The minimum absolute atomic E-state index is 0.526. The number of hydrogen-bond donors (Lipinski definition) is 1. The molecule has 3 rings (SSSR count). The van der Waals surface area contributed by atoms with E-state index in [4.69, 9.17) is 4.74 Å². The molecule has 1 N–H and O–H groups in total. The number of nitrogens with zero attached hydrogens (tertiary/aromatic N) is 3. The summed E-state index contributed by atoms with van der Waals surface area (Å²) >= 11 is 1.49. The maximum atomic E-state index is 10.3. The zero-order valence-corrected chi connectivity index (χ0v) is 14.4. The van der Waals surface area contributed by atoms with Gasteiger partial charge >= 0.3 is 0 Å². The largest absolute Gasteiger partial charge is 0.497 e. The monoisotopic (exact) mass is 341 g/mol. The Hall–Kier alpha value is -2.31. The molecule has 0 saturated carbocycles. The molecular weight excluding hydrogens is 322 g/mol. The lowest BCUT2D eigenvalue weighted by Gasteiger charge is -2.10. The van der Waals surface area contributed by atoms with E-state index in [0.29, 0.717) is 5.75 Å². The van der Waals surface area contributed by atoms with Gasteiger partial charge in [0.25, 0.3) is 0 Å². The van der Waals surface area contributed by atoms with Gasteiger partial charge in [-0.2, -0.15) is 0 Å². The minimum atomic E-state index is -0.530. The molecule has 0 aliphatic heterocycles. The van der Waals surface area contributed by atoms with Gasteiger partial charge in [0.1, 0.15) is 5.75 Å². The van der Waals surface area contributed by atoms with Crippen molar-refractivity contribution < 1.29 is 9.84 Å². The Morgan fingerprint density at radius 1 is 1.08 bits per heavy atom. The van der Waals surface area contributed by atoms with Gasteiger partial charge in [0.2, 0.25) is 0 Å². The van der Waals surface area contributed by atoms with Gasteiger partial charge in [-0.15, -0.1) is 10.2 Å². The van der Waals surface area contributed by atoms with Gasteiger partial charge < -0.3 is 14.4 Å². The second-order valence-corrected chi connectivity index (χ2v) is 6.32. The summed E-state index contributed by atoms with van der Waals surface area (Å²) < 4.78 is 7.11. The SMILES string of the molecule is COc1ccc(-c2nnc(SCC(O)c3ccccc3)n2C)cc1. The van der Waals surface area contributed by atoms with E-state index >= 15 is 0 Å². The van der Waals surface area contributed by atoms with E-state index in [2.05, 4.69) is 10.2 Å². The van der Waals surface area contributed by atoms with Crippen LogP contribution in [0.25, 0.3) is 11.4 Å². The first kappa shape index (κ1) is 16.5. The van der Waals surface area contributed by atoms with Gasteiger partial charge in [0.15, 0.2) is 11.0 Å². The first-order valence-electron chi connectivity index (χ1n) is 7.58. The molecule has 124 valence electrons. The average Bonchev–Trinajstić information content (AvgIpc) is 3.01. The Bertz CT molecular complexity index is 788. The molecule has 0 amide bonds. The van der Waals surface area contributed by atoms with Crippen molar-refractivity contribution in [2.24, 2.45) is 7.05 Å². The number of methoxy groups -OCH3 is 1. The summed E-state index contributed by atoms with van der Waals surface area (Å²) in [6.45, 7) is 0. The third-order valence-electron chi connectivity index (χ3n) is 3.74. The van der Waals surface area contributed by atoms with E-state index in [0.717, 1.165) is 27.9 Å². The summed E-state index contributed by atoms with van der Waals surface area (Å²) in [6.07, 6.45) is -0.530. The maximum absolute atomic E-state index is 10.3. The predicted molar refractivity (Wildman–Crippen MR) is 95.1 cm³/mol. The van der Waals surface area contributed by atoms with Crippen LogP contribution in [-0.4, -0.2) is 32.7 Å². The molecule has 2 aromatic carbocycles. The maximum Gasteiger partial charge on any atom is 0.191 e.